The van der Waals surface area contributed by atoms with Gasteiger partial charge in [-0.15, -0.1) is 0 Å². The Labute approximate surface area is 90.3 Å². The van der Waals surface area contributed by atoms with Gasteiger partial charge in [0, 0.05) is 31.8 Å². The van der Waals surface area contributed by atoms with Gasteiger partial charge in [0.05, 0.1) is 7.11 Å². The fourth-order valence-electron chi connectivity index (χ4n) is 2.21. The third-order valence-corrected chi connectivity index (χ3v) is 3.00. The van der Waals surface area contributed by atoms with E-state index < -0.39 is 0 Å². The van der Waals surface area contributed by atoms with Gasteiger partial charge in [0.2, 0.25) is 0 Å². The van der Waals surface area contributed by atoms with Gasteiger partial charge in [-0.2, -0.15) is 0 Å². The standard InChI is InChI=1S/C12H17NO2/c1-13-7-9(8-14)5-10-6-11(15-2)3-4-12(10)13/h3-4,6,9,14H,5,7-8H2,1-2H3. The fraction of sp³-hybridized carbons (Fsp3) is 0.500. The van der Waals surface area contributed by atoms with Crippen LogP contribution in [-0.4, -0.2) is 32.4 Å². The maximum absolute atomic E-state index is 9.20. The second kappa shape index (κ2) is 4.11. The molecule has 0 radical (unpaired) electrons. The Bertz CT molecular complexity index is 351. The Balaban J connectivity index is 2.33. The normalized spacial score (nSPS) is 19.9. The smallest absolute Gasteiger partial charge is 0.119 e. The number of ether oxygens (including phenoxy) is 1. The van der Waals surface area contributed by atoms with Crippen molar-refractivity contribution in [2.45, 2.75) is 6.42 Å². The van der Waals surface area contributed by atoms with E-state index >= 15 is 0 Å². The SMILES string of the molecule is COc1ccc2c(c1)CC(CO)CN2C. The van der Waals surface area contributed by atoms with Gasteiger partial charge in [-0.25, -0.2) is 0 Å². The highest BCUT2D eigenvalue weighted by molar-refractivity contribution is 5.57. The van der Waals surface area contributed by atoms with Crippen LogP contribution in [0.1, 0.15) is 5.56 Å². The summed E-state index contributed by atoms with van der Waals surface area (Å²) in [5.41, 5.74) is 2.52. The van der Waals surface area contributed by atoms with Crippen LogP contribution in [0, 0.1) is 5.92 Å². The van der Waals surface area contributed by atoms with E-state index in [4.69, 9.17) is 4.74 Å². The predicted molar refractivity (Wildman–Crippen MR) is 60.5 cm³/mol. The fourth-order valence-corrected chi connectivity index (χ4v) is 2.21. The highest BCUT2D eigenvalue weighted by atomic mass is 16.5. The van der Waals surface area contributed by atoms with Crippen molar-refractivity contribution in [2.24, 2.45) is 5.92 Å². The first-order valence-electron chi connectivity index (χ1n) is 5.23. The van der Waals surface area contributed by atoms with Gasteiger partial charge in [0.1, 0.15) is 5.75 Å². The van der Waals surface area contributed by atoms with Crippen LogP contribution in [-0.2, 0) is 6.42 Å². The molecule has 0 spiro atoms. The predicted octanol–water partition coefficient (Wildman–Crippen LogP) is 1.30. The van der Waals surface area contributed by atoms with E-state index in [1.54, 1.807) is 7.11 Å². The van der Waals surface area contributed by atoms with Crippen LogP contribution in [0.2, 0.25) is 0 Å². The van der Waals surface area contributed by atoms with Gasteiger partial charge < -0.3 is 14.7 Å². The number of aliphatic hydroxyl groups excluding tert-OH is 1. The monoisotopic (exact) mass is 207 g/mol. The molecule has 2 rings (SSSR count). The molecule has 0 aliphatic carbocycles. The second-order valence-electron chi connectivity index (χ2n) is 4.13. The lowest BCUT2D eigenvalue weighted by atomic mass is 9.93. The average molecular weight is 207 g/mol. The second-order valence-corrected chi connectivity index (χ2v) is 4.13. The number of benzene rings is 1. The van der Waals surface area contributed by atoms with Gasteiger partial charge >= 0.3 is 0 Å². The molecule has 1 N–H and O–H groups in total. The molecule has 0 saturated heterocycles. The molecule has 0 bridgehead atoms. The van der Waals surface area contributed by atoms with Crippen molar-refractivity contribution in [3.05, 3.63) is 23.8 Å². The number of hydrogen-bond acceptors (Lipinski definition) is 3. The van der Waals surface area contributed by atoms with Crippen molar-refractivity contribution in [3.8, 4) is 5.75 Å². The van der Waals surface area contributed by atoms with Crippen molar-refractivity contribution < 1.29 is 9.84 Å². The molecule has 3 nitrogen and oxygen atoms in total. The first kappa shape index (κ1) is 10.3. The molecule has 1 aliphatic heterocycles. The molecule has 1 heterocycles. The van der Waals surface area contributed by atoms with Crippen LogP contribution in [0.5, 0.6) is 5.75 Å². The molecule has 82 valence electrons. The Hall–Kier alpha value is -1.22. The molecular formula is C12H17NO2. The molecule has 1 aromatic carbocycles. The molecule has 1 unspecified atom stereocenters. The summed E-state index contributed by atoms with van der Waals surface area (Å²) in [7, 11) is 3.74. The molecular weight excluding hydrogens is 190 g/mol. The molecule has 1 atom stereocenters. The minimum atomic E-state index is 0.251. The largest absolute Gasteiger partial charge is 0.497 e. The molecule has 0 aromatic heterocycles. The summed E-state index contributed by atoms with van der Waals surface area (Å²) >= 11 is 0. The zero-order chi connectivity index (χ0) is 10.8. The van der Waals surface area contributed by atoms with E-state index in [-0.39, 0.29) is 6.61 Å². The summed E-state index contributed by atoms with van der Waals surface area (Å²) in [6.07, 6.45) is 0.938. The molecule has 0 amide bonds. The highest BCUT2D eigenvalue weighted by Crippen LogP contribution is 2.31. The van der Waals surface area contributed by atoms with E-state index in [0.29, 0.717) is 5.92 Å². The number of nitrogens with zero attached hydrogens (tertiary/aromatic N) is 1. The average Bonchev–Trinajstić information content (AvgIpc) is 2.28. The van der Waals surface area contributed by atoms with Crippen molar-refractivity contribution >= 4 is 5.69 Å². The number of aliphatic hydroxyl groups is 1. The molecule has 0 fully saturated rings. The first-order chi connectivity index (χ1) is 7.24. The van der Waals surface area contributed by atoms with Crippen LogP contribution < -0.4 is 9.64 Å². The lowest BCUT2D eigenvalue weighted by molar-refractivity contribution is 0.225. The molecule has 0 saturated carbocycles. The van der Waals surface area contributed by atoms with Crippen LogP contribution in [0.15, 0.2) is 18.2 Å². The van der Waals surface area contributed by atoms with Crippen molar-refractivity contribution in [1.29, 1.82) is 0 Å². The zero-order valence-electron chi connectivity index (χ0n) is 9.23. The number of fused-ring (bicyclic) bond motifs is 1. The molecule has 1 aromatic rings. The van der Waals surface area contributed by atoms with Gasteiger partial charge in [-0.1, -0.05) is 0 Å². The van der Waals surface area contributed by atoms with Gasteiger partial charge in [-0.05, 0) is 30.2 Å². The van der Waals surface area contributed by atoms with Gasteiger partial charge in [-0.3, -0.25) is 0 Å². The highest BCUT2D eigenvalue weighted by Gasteiger charge is 2.21. The minimum absolute atomic E-state index is 0.251. The van der Waals surface area contributed by atoms with Gasteiger partial charge in [0.15, 0.2) is 0 Å². The van der Waals surface area contributed by atoms with Crippen molar-refractivity contribution in [2.75, 3.05) is 32.2 Å². The summed E-state index contributed by atoms with van der Waals surface area (Å²) in [4.78, 5) is 2.19. The number of anilines is 1. The van der Waals surface area contributed by atoms with Gasteiger partial charge in [0.25, 0.3) is 0 Å². The maximum atomic E-state index is 9.20. The summed E-state index contributed by atoms with van der Waals surface area (Å²) in [5.74, 6) is 1.23. The Morgan fingerprint density at radius 3 is 3.00 bits per heavy atom. The lowest BCUT2D eigenvalue weighted by Crippen LogP contribution is -2.33. The van der Waals surface area contributed by atoms with Crippen LogP contribution >= 0.6 is 0 Å². The Morgan fingerprint density at radius 1 is 1.53 bits per heavy atom. The van der Waals surface area contributed by atoms with Crippen LogP contribution in [0.4, 0.5) is 5.69 Å². The quantitative estimate of drug-likeness (QED) is 0.793. The van der Waals surface area contributed by atoms with Crippen molar-refractivity contribution in [3.63, 3.8) is 0 Å². The van der Waals surface area contributed by atoms with Crippen molar-refractivity contribution in [1.82, 2.24) is 0 Å². The van der Waals surface area contributed by atoms with E-state index in [2.05, 4.69) is 24.1 Å². The number of methoxy groups -OCH3 is 1. The zero-order valence-corrected chi connectivity index (χ0v) is 9.23. The first-order valence-corrected chi connectivity index (χ1v) is 5.23. The topological polar surface area (TPSA) is 32.7 Å². The third kappa shape index (κ3) is 1.92. The number of hydrogen-bond donors (Lipinski definition) is 1. The summed E-state index contributed by atoms with van der Waals surface area (Å²) in [5, 5.41) is 9.20. The minimum Gasteiger partial charge on any atom is -0.497 e. The summed E-state index contributed by atoms with van der Waals surface area (Å²) in [6.45, 7) is 1.18. The lowest BCUT2D eigenvalue weighted by Gasteiger charge is -2.32. The number of rotatable bonds is 2. The molecule has 1 aliphatic rings. The van der Waals surface area contributed by atoms with E-state index in [0.717, 1.165) is 18.7 Å². The van der Waals surface area contributed by atoms with Crippen LogP contribution in [0.25, 0.3) is 0 Å². The summed E-state index contributed by atoms with van der Waals surface area (Å²) < 4.78 is 5.20. The maximum Gasteiger partial charge on any atom is 0.119 e. The van der Waals surface area contributed by atoms with E-state index in [1.165, 1.54) is 11.3 Å². The Kier molecular flexibility index (Phi) is 2.82. The van der Waals surface area contributed by atoms with E-state index in [1.807, 2.05) is 6.07 Å². The molecule has 3 heteroatoms. The van der Waals surface area contributed by atoms with Crippen LogP contribution in [0.3, 0.4) is 0 Å². The van der Waals surface area contributed by atoms with E-state index in [9.17, 15) is 5.11 Å². The third-order valence-electron chi connectivity index (χ3n) is 3.00. The molecule has 15 heavy (non-hydrogen) atoms. The Morgan fingerprint density at radius 2 is 2.33 bits per heavy atom. The summed E-state index contributed by atoms with van der Waals surface area (Å²) in [6, 6.07) is 6.13.